The van der Waals surface area contributed by atoms with Crippen molar-refractivity contribution in [3.8, 4) is 11.4 Å². The Morgan fingerprint density at radius 3 is 2.81 bits per heavy atom. The van der Waals surface area contributed by atoms with Crippen LogP contribution in [0.25, 0.3) is 11.4 Å². The van der Waals surface area contributed by atoms with Crippen molar-refractivity contribution < 1.29 is 0 Å². The number of benzene rings is 1. The molecule has 0 amide bonds. The minimum atomic E-state index is 0.494. The minimum Gasteiger partial charge on any atom is -0.225 e. The Morgan fingerprint density at radius 2 is 2.05 bits per heavy atom. The summed E-state index contributed by atoms with van der Waals surface area (Å²) in [6.45, 7) is 5.22. The molecule has 0 bridgehead atoms. The van der Waals surface area contributed by atoms with Crippen molar-refractivity contribution in [2.75, 3.05) is 0 Å². The van der Waals surface area contributed by atoms with Crippen LogP contribution < -0.4 is 0 Å². The summed E-state index contributed by atoms with van der Waals surface area (Å²) in [6.07, 6.45) is 4.93. The first-order valence-corrected chi connectivity index (χ1v) is 8.09. The van der Waals surface area contributed by atoms with E-state index in [1.807, 2.05) is 16.8 Å². The first-order valence-electron chi connectivity index (χ1n) is 7.34. The van der Waals surface area contributed by atoms with Gasteiger partial charge in [-0.25, -0.2) is 4.68 Å². The van der Waals surface area contributed by atoms with Crippen LogP contribution in [0.2, 0.25) is 10.0 Å². The van der Waals surface area contributed by atoms with Crippen LogP contribution in [0, 0.1) is 5.92 Å². The van der Waals surface area contributed by atoms with Gasteiger partial charge in [-0.2, -0.15) is 0 Å². The van der Waals surface area contributed by atoms with Gasteiger partial charge in [0.2, 0.25) is 0 Å². The second-order valence-electron chi connectivity index (χ2n) is 5.39. The van der Waals surface area contributed by atoms with E-state index in [1.165, 1.54) is 25.7 Å². The van der Waals surface area contributed by atoms with Crippen molar-refractivity contribution in [2.45, 2.75) is 46.1 Å². The van der Waals surface area contributed by atoms with Crippen LogP contribution in [0.3, 0.4) is 0 Å². The van der Waals surface area contributed by atoms with Crippen LogP contribution in [-0.4, -0.2) is 20.2 Å². The van der Waals surface area contributed by atoms with Crippen LogP contribution in [-0.2, 0) is 6.54 Å². The summed E-state index contributed by atoms with van der Waals surface area (Å²) < 4.78 is 1.81. The predicted molar refractivity (Wildman–Crippen MR) is 86.6 cm³/mol. The largest absolute Gasteiger partial charge is 0.225 e. The van der Waals surface area contributed by atoms with Gasteiger partial charge in [0.15, 0.2) is 5.82 Å². The molecule has 1 aromatic carbocycles. The van der Waals surface area contributed by atoms with Gasteiger partial charge in [0.05, 0.1) is 10.0 Å². The third kappa shape index (κ3) is 4.17. The third-order valence-electron chi connectivity index (χ3n) is 3.51. The van der Waals surface area contributed by atoms with Gasteiger partial charge in [-0.1, -0.05) is 62.4 Å². The zero-order chi connectivity index (χ0) is 15.2. The van der Waals surface area contributed by atoms with E-state index in [0.29, 0.717) is 21.8 Å². The smallest absolute Gasteiger partial charge is 0.183 e. The molecule has 2 aromatic rings. The highest BCUT2D eigenvalue weighted by atomic mass is 35.5. The van der Waals surface area contributed by atoms with Crippen molar-refractivity contribution in [3.63, 3.8) is 0 Å². The zero-order valence-corrected chi connectivity index (χ0v) is 13.9. The van der Waals surface area contributed by atoms with E-state index in [4.69, 9.17) is 23.2 Å². The van der Waals surface area contributed by atoms with Crippen LogP contribution in [0.15, 0.2) is 18.2 Å². The summed E-state index contributed by atoms with van der Waals surface area (Å²) in [5, 5.41) is 13.0. The lowest BCUT2D eigenvalue weighted by atomic mass is 10.0. The van der Waals surface area contributed by atoms with Gasteiger partial charge in [0.1, 0.15) is 0 Å². The number of halogens is 2. The monoisotopic (exact) mass is 326 g/mol. The summed E-state index contributed by atoms with van der Waals surface area (Å²) in [4.78, 5) is 0. The van der Waals surface area contributed by atoms with Gasteiger partial charge in [-0.3, -0.25) is 0 Å². The molecule has 114 valence electrons. The molecule has 6 heteroatoms. The average Bonchev–Trinajstić information content (AvgIpc) is 2.90. The number of hydrogen-bond donors (Lipinski definition) is 0. The first kappa shape index (κ1) is 16.2. The number of nitrogens with zero attached hydrogens (tertiary/aromatic N) is 4. The Morgan fingerprint density at radius 1 is 1.24 bits per heavy atom. The van der Waals surface area contributed by atoms with Crippen LogP contribution in [0.5, 0.6) is 0 Å². The highest BCUT2D eigenvalue weighted by molar-refractivity contribution is 6.43. The molecule has 0 saturated heterocycles. The van der Waals surface area contributed by atoms with E-state index in [0.717, 1.165) is 12.1 Å². The molecular weight excluding hydrogens is 307 g/mol. The number of aromatic nitrogens is 4. The van der Waals surface area contributed by atoms with Crippen LogP contribution in [0.1, 0.15) is 39.5 Å². The van der Waals surface area contributed by atoms with Crippen LogP contribution in [0.4, 0.5) is 0 Å². The molecular formula is C15H20Cl2N4. The molecule has 0 aliphatic rings. The Balaban J connectivity index is 2.13. The van der Waals surface area contributed by atoms with E-state index in [2.05, 4.69) is 29.4 Å². The molecule has 2 rings (SSSR count). The molecule has 1 atom stereocenters. The third-order valence-corrected chi connectivity index (χ3v) is 4.33. The number of hydrogen-bond acceptors (Lipinski definition) is 3. The predicted octanol–water partition coefficient (Wildman–Crippen LogP) is 4.86. The van der Waals surface area contributed by atoms with Crippen molar-refractivity contribution in [1.82, 2.24) is 20.2 Å². The molecule has 0 aliphatic heterocycles. The second-order valence-corrected chi connectivity index (χ2v) is 6.17. The van der Waals surface area contributed by atoms with E-state index in [9.17, 15) is 0 Å². The molecule has 1 unspecified atom stereocenters. The fourth-order valence-corrected chi connectivity index (χ4v) is 2.71. The number of tetrazole rings is 1. The standard InChI is InChI=1S/C15H20Cl2N4/c1-3-4-5-7-11(2)10-21-15(18-19-20-21)12-8-6-9-13(16)14(12)17/h6,8-9,11H,3-5,7,10H2,1-2H3. The topological polar surface area (TPSA) is 43.6 Å². The Hall–Kier alpha value is -1.13. The van der Waals surface area contributed by atoms with E-state index < -0.39 is 0 Å². The summed E-state index contributed by atoms with van der Waals surface area (Å²) in [5.74, 6) is 1.20. The van der Waals surface area contributed by atoms with Gasteiger partial charge in [-0.15, -0.1) is 5.10 Å². The molecule has 1 heterocycles. The quantitative estimate of drug-likeness (QED) is 0.682. The Labute approximate surface area is 135 Å². The van der Waals surface area contributed by atoms with Crippen molar-refractivity contribution in [3.05, 3.63) is 28.2 Å². The van der Waals surface area contributed by atoms with E-state index in [-0.39, 0.29) is 0 Å². The normalized spacial score (nSPS) is 12.6. The molecule has 21 heavy (non-hydrogen) atoms. The lowest BCUT2D eigenvalue weighted by Crippen LogP contribution is -2.11. The zero-order valence-electron chi connectivity index (χ0n) is 12.4. The maximum Gasteiger partial charge on any atom is 0.183 e. The minimum absolute atomic E-state index is 0.494. The van der Waals surface area contributed by atoms with Gasteiger partial charge < -0.3 is 0 Å². The summed E-state index contributed by atoms with van der Waals surface area (Å²) in [5.41, 5.74) is 0.773. The molecule has 0 N–H and O–H groups in total. The van der Waals surface area contributed by atoms with Gasteiger partial charge in [-0.05, 0) is 34.9 Å². The lowest BCUT2D eigenvalue weighted by Gasteiger charge is -2.12. The fourth-order valence-electron chi connectivity index (χ4n) is 2.33. The van der Waals surface area contributed by atoms with Gasteiger partial charge in [0.25, 0.3) is 0 Å². The van der Waals surface area contributed by atoms with Crippen molar-refractivity contribution in [1.29, 1.82) is 0 Å². The maximum atomic E-state index is 6.25. The molecule has 0 radical (unpaired) electrons. The van der Waals surface area contributed by atoms with Gasteiger partial charge >= 0.3 is 0 Å². The van der Waals surface area contributed by atoms with E-state index in [1.54, 1.807) is 6.07 Å². The highest BCUT2D eigenvalue weighted by Gasteiger charge is 2.15. The number of rotatable bonds is 7. The first-order chi connectivity index (χ1) is 10.1. The average molecular weight is 327 g/mol. The molecule has 4 nitrogen and oxygen atoms in total. The molecule has 1 aromatic heterocycles. The summed E-state index contributed by atoms with van der Waals surface area (Å²) >= 11 is 12.3. The Bertz CT molecular complexity index is 583. The highest BCUT2D eigenvalue weighted by Crippen LogP contribution is 2.32. The maximum absolute atomic E-state index is 6.25. The SMILES string of the molecule is CCCCCC(C)Cn1nnnc1-c1cccc(Cl)c1Cl. The Kier molecular flexibility index (Phi) is 6.00. The van der Waals surface area contributed by atoms with E-state index >= 15 is 0 Å². The molecule has 0 spiro atoms. The van der Waals surface area contributed by atoms with Gasteiger partial charge in [0, 0.05) is 12.1 Å². The van der Waals surface area contributed by atoms with Crippen molar-refractivity contribution in [2.24, 2.45) is 5.92 Å². The molecule has 0 aliphatic carbocycles. The lowest BCUT2D eigenvalue weighted by molar-refractivity contribution is 0.404. The second kappa shape index (κ2) is 7.76. The fraction of sp³-hybridized carbons (Fsp3) is 0.533. The van der Waals surface area contributed by atoms with Crippen molar-refractivity contribution >= 4 is 23.2 Å². The summed E-state index contributed by atoms with van der Waals surface area (Å²) in [6, 6.07) is 5.50. The summed E-state index contributed by atoms with van der Waals surface area (Å²) in [7, 11) is 0. The molecule has 0 saturated carbocycles. The number of unbranched alkanes of at least 4 members (excludes halogenated alkanes) is 2. The van der Waals surface area contributed by atoms with Crippen LogP contribution >= 0.6 is 23.2 Å². The molecule has 0 fully saturated rings.